The van der Waals surface area contributed by atoms with Crippen molar-refractivity contribution in [2.24, 2.45) is 20.0 Å². The Balaban J connectivity index is 0.000000177. The van der Waals surface area contributed by atoms with E-state index in [-0.39, 0.29) is 77.8 Å². The van der Waals surface area contributed by atoms with Crippen LogP contribution in [0.15, 0.2) is 209 Å². The number of fused-ring (bicyclic) bond motifs is 8. The van der Waals surface area contributed by atoms with Gasteiger partial charge >= 0.3 is 17.8 Å². The number of aliphatic carboxylic acids is 1. The van der Waals surface area contributed by atoms with Crippen molar-refractivity contribution in [1.29, 1.82) is 0 Å². The monoisotopic (exact) mass is 1880 g/mol. The number of rotatable bonds is 37. The highest BCUT2D eigenvalue weighted by atomic mass is 16.5. The van der Waals surface area contributed by atoms with Gasteiger partial charge in [0.2, 0.25) is 12.0 Å². The van der Waals surface area contributed by atoms with Gasteiger partial charge in [-0.2, -0.15) is 4.90 Å². The van der Waals surface area contributed by atoms with Crippen LogP contribution in [0, 0.1) is 19.9 Å². The number of aliphatic imine (C=N–C) groups is 4. The first-order chi connectivity index (χ1) is 67.5. The van der Waals surface area contributed by atoms with Gasteiger partial charge in [-0.05, 0) is 207 Å². The van der Waals surface area contributed by atoms with E-state index in [0.29, 0.717) is 189 Å². The molecule has 139 heavy (non-hydrogen) atoms. The number of carboxylic acid groups (broad SMARTS) is 1. The molecule has 0 aliphatic carbocycles. The normalized spacial score (nSPS) is 17.5. The molecular formula is C108H109N12O19+. The van der Waals surface area contributed by atoms with Crippen LogP contribution in [0.2, 0.25) is 0 Å². The minimum absolute atomic E-state index is 0.0679. The van der Waals surface area contributed by atoms with Crippen molar-refractivity contribution >= 4 is 140 Å². The molecule has 0 saturated carbocycles. The molecule has 0 fully saturated rings. The van der Waals surface area contributed by atoms with Crippen LogP contribution in [0.5, 0.6) is 46.0 Å². The Bertz CT molecular complexity index is 6370. The molecule has 18 rings (SSSR count). The number of imide groups is 2. The third-order valence-electron chi connectivity index (χ3n) is 25.5. The maximum atomic E-state index is 14.0. The zero-order valence-electron chi connectivity index (χ0n) is 78.3. The zero-order chi connectivity index (χ0) is 97.3. The van der Waals surface area contributed by atoms with Gasteiger partial charge in [0.15, 0.2) is 29.1 Å². The summed E-state index contributed by atoms with van der Waals surface area (Å²) in [6.07, 6.45) is 32.8. The second-order valence-corrected chi connectivity index (χ2v) is 35.0. The number of nitrogens with two attached hydrogens (primary N) is 1. The average Bonchev–Trinajstić information content (AvgIpc) is 1.62. The summed E-state index contributed by atoms with van der Waals surface area (Å²) in [5, 5.41) is 11.3. The summed E-state index contributed by atoms with van der Waals surface area (Å²) in [4.78, 5) is 151. The average molecular weight is 1880 g/mol. The number of ether oxygens (including phenoxy) is 8. The molecule has 0 aromatic heterocycles. The van der Waals surface area contributed by atoms with Crippen LogP contribution in [0.25, 0.3) is 22.3 Å². The Morgan fingerprint density at radius 3 is 1.09 bits per heavy atom. The molecule has 4 N–H and O–H groups in total. The van der Waals surface area contributed by atoms with Crippen molar-refractivity contribution < 1.29 is 90.9 Å². The molecule has 0 radical (unpaired) electrons. The van der Waals surface area contributed by atoms with Gasteiger partial charge in [-0.3, -0.25) is 63.2 Å². The smallest absolute Gasteiger partial charge is 0.416 e. The summed E-state index contributed by atoms with van der Waals surface area (Å²) in [6, 6.07) is 44.6. The van der Waals surface area contributed by atoms with Gasteiger partial charge in [-0.25, -0.2) is 4.79 Å². The molecule has 0 saturated heterocycles. The van der Waals surface area contributed by atoms with E-state index >= 15 is 0 Å². The number of carbonyl (C=O) groups excluding carboxylic acids is 9. The van der Waals surface area contributed by atoms with Crippen molar-refractivity contribution in [3.05, 3.63) is 250 Å². The van der Waals surface area contributed by atoms with E-state index in [1.165, 1.54) is 17.1 Å². The van der Waals surface area contributed by atoms with Gasteiger partial charge in [0.1, 0.15) is 23.0 Å². The first-order valence-electron chi connectivity index (χ1n) is 46.8. The van der Waals surface area contributed by atoms with Crippen LogP contribution >= 0.6 is 0 Å². The van der Waals surface area contributed by atoms with E-state index in [0.717, 1.165) is 129 Å². The van der Waals surface area contributed by atoms with Gasteiger partial charge < -0.3 is 73.7 Å². The molecule has 0 spiro atoms. The van der Waals surface area contributed by atoms with Crippen molar-refractivity contribution in [3.8, 4) is 46.0 Å². The second-order valence-electron chi connectivity index (χ2n) is 35.0. The third kappa shape index (κ3) is 22.8. The van der Waals surface area contributed by atoms with Crippen LogP contribution in [-0.4, -0.2) is 211 Å². The summed E-state index contributed by atoms with van der Waals surface area (Å²) in [5.41, 5.74) is 21.6. The van der Waals surface area contributed by atoms with Crippen molar-refractivity contribution in [1.82, 2.24) is 29.4 Å². The van der Waals surface area contributed by atoms with E-state index < -0.39 is 11.9 Å². The maximum absolute atomic E-state index is 14.0. The van der Waals surface area contributed by atoms with Crippen LogP contribution < -0.4 is 48.9 Å². The Kier molecular flexibility index (Phi) is 30.6. The quantitative estimate of drug-likeness (QED) is 0.0141. The van der Waals surface area contributed by atoms with E-state index in [9.17, 15) is 47.9 Å². The minimum Gasteiger partial charge on any atom is -0.497 e. The number of aryl methyl sites for hydroxylation is 2. The highest BCUT2D eigenvalue weighted by molar-refractivity contribution is 6.14. The molecule has 0 bridgehead atoms. The predicted molar refractivity (Wildman–Crippen MR) is 528 cm³/mol. The molecule has 10 aliphatic heterocycles. The number of benzene rings is 8. The van der Waals surface area contributed by atoms with Gasteiger partial charge in [0, 0.05) is 143 Å². The second kappa shape index (κ2) is 44.3. The number of nitrogen functional groups attached to an aromatic ring is 1. The standard InChI is InChI=1S/C54H54N6O9.C44H43N5O6.C10H11NO4/c1-34-24-43-45(55-30-40-26-38(33-59(40)53(43)64)36-13-17-42(66-2)18-14-36)28-47(34)68-22-8-5-9-23-69-49-29-46-44(27-48(49)67-3)54(65)60-32-37(25-41(60)31-56-46)35-11-15-39(16-12-35)57-50(61)10-6-4-7-21-58-51(62)19-20-52(58)63;1-27-17-36-38(46-23-33-19-31(26-48(33)43(36)50)29-9-13-35(52-2)14-10-29)21-40(27)54-15-5-4-6-16-55-42-22-39-37(20-41(42)53-3)44(51)49-25-30(18-34(49)24-47-39)28-7-11-32(45)12-8-28;12-8-5-6-9(13)11(8)7-3-1-2-4-10(14)15/h11-20,24,27-33,40-41H,4-10,21-23,25-26H2,1-3H3,(H,57,61);7-14,17,20-26,33-34H,4-6,15-16,18-19,45H2,1-3H3;5H,1-4,7H2/p+1/t40-,41-;33-,34-;/m00./s1. The van der Waals surface area contributed by atoms with Gasteiger partial charge in [-0.15, -0.1) is 4.79 Å². The first kappa shape index (κ1) is 96.2. The van der Waals surface area contributed by atoms with Crippen LogP contribution in [0.4, 0.5) is 34.1 Å². The number of nitrogens with one attached hydrogen (secondary N) is 1. The van der Waals surface area contributed by atoms with Gasteiger partial charge in [0.05, 0.1) is 131 Å². The van der Waals surface area contributed by atoms with E-state index in [4.69, 9.17) is 68.7 Å². The van der Waals surface area contributed by atoms with Crippen LogP contribution in [-0.2, 0) is 28.8 Å². The molecule has 9 amide bonds. The number of hydrogen-bond donors (Lipinski definition) is 3. The van der Waals surface area contributed by atoms with Crippen molar-refractivity contribution in [2.45, 2.75) is 154 Å². The number of carboxylic acids is 1. The van der Waals surface area contributed by atoms with Gasteiger partial charge in [0.25, 0.3) is 35.4 Å². The molecule has 10 aliphatic rings. The van der Waals surface area contributed by atoms with Crippen LogP contribution in [0.3, 0.4) is 0 Å². The summed E-state index contributed by atoms with van der Waals surface area (Å²) >= 11 is 0. The molecule has 0 unspecified atom stereocenters. The Morgan fingerprint density at radius 1 is 0.388 bits per heavy atom. The van der Waals surface area contributed by atoms with Crippen molar-refractivity contribution in [2.75, 3.05) is 79.0 Å². The molecule has 8 aromatic carbocycles. The van der Waals surface area contributed by atoms with E-state index in [2.05, 4.69) is 11.4 Å². The number of anilines is 2. The summed E-state index contributed by atoms with van der Waals surface area (Å²) in [7, 11) is 6.41. The number of methoxy groups -OCH3 is 4. The summed E-state index contributed by atoms with van der Waals surface area (Å²) < 4.78 is 46.6. The molecular weight excluding hydrogens is 1770 g/mol. The molecule has 31 nitrogen and oxygen atoms in total. The number of hydrogen-bond acceptors (Lipinski definition) is 23. The Morgan fingerprint density at radius 2 is 0.727 bits per heavy atom. The lowest BCUT2D eigenvalue weighted by molar-refractivity contribution is -0.138. The largest absolute Gasteiger partial charge is 0.497 e. The lowest BCUT2D eigenvalue weighted by Crippen LogP contribution is -2.32. The minimum atomic E-state index is -0.821. The zero-order valence-corrected chi connectivity index (χ0v) is 78.3. The summed E-state index contributed by atoms with van der Waals surface area (Å²) in [5.74, 6) is 2.28. The molecule has 10 heterocycles. The fraction of sp³-hybridized carbons (Fsp3) is 0.315. The molecule has 8 aromatic rings. The summed E-state index contributed by atoms with van der Waals surface area (Å²) in [6.45, 7) is 6.51. The molecule has 714 valence electrons. The topological polar surface area (TPSA) is 372 Å². The van der Waals surface area contributed by atoms with E-state index in [1.54, 1.807) is 78.5 Å². The molecule has 31 heteroatoms. The predicted octanol–water partition coefficient (Wildman–Crippen LogP) is 17.5. The highest BCUT2D eigenvalue weighted by Gasteiger charge is 2.40. The van der Waals surface area contributed by atoms with Gasteiger partial charge in [-0.1, -0.05) is 61.4 Å². The lowest BCUT2D eigenvalue weighted by atomic mass is 10.0. The number of nitrogens with zero attached hydrogens (tertiary/aromatic N) is 10. The molecule has 4 atom stereocenters. The number of unbranched alkanes of at least 4 members (excludes halogenated alkanes) is 8. The Labute approximate surface area is 805 Å². The Hall–Kier alpha value is -15.9. The fourth-order valence-electron chi connectivity index (χ4n) is 17.8. The fourth-order valence-corrected chi connectivity index (χ4v) is 17.8. The van der Waals surface area contributed by atoms with Crippen LogP contribution in [0.1, 0.15) is 190 Å². The number of amides is 9. The lowest BCUT2D eigenvalue weighted by Gasteiger charge is -2.19. The number of carbonyl (C=O) groups is 10. The highest BCUT2D eigenvalue weighted by Crippen LogP contribution is 2.45. The van der Waals surface area contributed by atoms with Crippen molar-refractivity contribution in [3.63, 3.8) is 0 Å². The third-order valence-corrected chi connectivity index (χ3v) is 25.5. The maximum Gasteiger partial charge on any atom is 0.416 e. The SMILES string of the molecule is COc1ccc(C2=CN3C(=O)c4cc(C)c(OCCCCCOc5cc6c(cc5OC)C(=O)N5C=C(c7ccc(N)cc7)C[C@H]5C=N6)cc4N=C[C@@H]3C2)cc1.COc1ccc(C2=CN3C(=O)c4cc(C)c(OCCCCCOc5cc6c(cc5OC)C(=O)N5C=C(c7ccc(NC(=O)CCCCCN8C(=O)C=CC8=O)cc7)C[C@H]5C=N6)cc4N=C[C@@H]3C2)cc1.O=C(O)CCCCCN1C(=O)[C+]=CC1=O. The van der Waals surface area contributed by atoms with E-state index in [1.807, 2.05) is 179 Å². The first-order valence-corrected chi connectivity index (χ1v) is 46.8.